The molecule has 1 aromatic rings. The third kappa shape index (κ3) is 4.04. The molecule has 1 N–H and O–H groups in total. The third-order valence-electron chi connectivity index (χ3n) is 2.71. The second-order valence-corrected chi connectivity index (χ2v) is 4.48. The Bertz CT molecular complexity index is 457. The molecule has 1 aromatic carbocycles. The Kier molecular flexibility index (Phi) is 5.98. The van der Waals surface area contributed by atoms with Gasteiger partial charge in [-0.25, -0.2) is 4.39 Å². The van der Waals surface area contributed by atoms with Gasteiger partial charge >= 0.3 is 0 Å². The molecule has 106 valence electrons. The number of hydrogen-bond donors (Lipinski definition) is 1. The molecule has 0 unspecified atom stereocenters. The van der Waals surface area contributed by atoms with E-state index in [2.05, 4.69) is 0 Å². The second-order valence-electron chi connectivity index (χ2n) is 4.08. The molecule has 5 nitrogen and oxygen atoms in total. The second kappa shape index (κ2) is 7.25. The zero-order chi connectivity index (χ0) is 14.4. The molecule has 0 bridgehead atoms. The highest BCUT2D eigenvalue weighted by Gasteiger charge is 2.22. The van der Waals surface area contributed by atoms with E-state index in [1.54, 1.807) is 4.90 Å². The van der Waals surface area contributed by atoms with Crippen molar-refractivity contribution in [1.29, 1.82) is 0 Å². The fourth-order valence-corrected chi connectivity index (χ4v) is 1.91. The van der Waals surface area contributed by atoms with Crippen molar-refractivity contribution in [2.75, 3.05) is 24.6 Å². The first-order valence-corrected chi connectivity index (χ1v) is 6.38. The number of aliphatic hydroxyl groups excluding tert-OH is 1. The topological polar surface area (TPSA) is 66.6 Å². The van der Waals surface area contributed by atoms with Crippen LogP contribution in [-0.2, 0) is 0 Å². The van der Waals surface area contributed by atoms with Gasteiger partial charge in [0.25, 0.3) is 5.69 Å². The lowest BCUT2D eigenvalue weighted by Gasteiger charge is -2.23. The van der Waals surface area contributed by atoms with Crippen LogP contribution in [0.3, 0.4) is 0 Å². The molecule has 0 saturated carbocycles. The summed E-state index contributed by atoms with van der Waals surface area (Å²) in [5, 5.41) is 19.8. The monoisotopic (exact) mass is 290 g/mol. The number of hydrogen-bond acceptors (Lipinski definition) is 4. The van der Waals surface area contributed by atoms with Crippen LogP contribution in [0, 0.1) is 15.9 Å². The first-order chi connectivity index (χ1) is 9.01. The fourth-order valence-electron chi connectivity index (χ4n) is 1.75. The SMILES string of the molecule is CCCCN(CCO)c1cc(Cl)c(F)cc1[N+](=O)[O-]. The molecule has 7 heteroatoms. The maximum Gasteiger partial charge on any atom is 0.295 e. The van der Waals surface area contributed by atoms with E-state index in [-0.39, 0.29) is 29.5 Å². The molecule has 0 heterocycles. The predicted octanol–water partition coefficient (Wildman–Crippen LogP) is 2.99. The lowest BCUT2D eigenvalue weighted by molar-refractivity contribution is -0.384. The number of anilines is 1. The van der Waals surface area contributed by atoms with Crippen LogP contribution in [0.2, 0.25) is 5.02 Å². The minimum Gasteiger partial charge on any atom is -0.395 e. The van der Waals surface area contributed by atoms with Gasteiger partial charge in [0, 0.05) is 13.1 Å². The van der Waals surface area contributed by atoms with Crippen LogP contribution in [0.4, 0.5) is 15.8 Å². The largest absolute Gasteiger partial charge is 0.395 e. The van der Waals surface area contributed by atoms with Crippen LogP contribution in [0.5, 0.6) is 0 Å². The number of halogens is 2. The van der Waals surface area contributed by atoms with Crippen molar-refractivity contribution < 1.29 is 14.4 Å². The smallest absolute Gasteiger partial charge is 0.295 e. The standard InChI is InChI=1S/C12H16ClFN2O3/c1-2-3-4-15(5-6-17)11-7-9(13)10(14)8-12(11)16(18)19/h7-8,17H,2-6H2,1H3. The summed E-state index contributed by atoms with van der Waals surface area (Å²) in [4.78, 5) is 12.0. The molecule has 1 rings (SSSR count). The number of nitrogens with zero attached hydrogens (tertiary/aromatic N) is 2. The fraction of sp³-hybridized carbons (Fsp3) is 0.500. The number of aliphatic hydroxyl groups is 1. The highest BCUT2D eigenvalue weighted by atomic mass is 35.5. The Balaban J connectivity index is 3.19. The van der Waals surface area contributed by atoms with Crippen molar-refractivity contribution in [2.24, 2.45) is 0 Å². The van der Waals surface area contributed by atoms with Crippen LogP contribution < -0.4 is 4.90 Å². The molecule has 0 fully saturated rings. The van der Waals surface area contributed by atoms with Crippen LogP contribution in [0.25, 0.3) is 0 Å². The molecular formula is C12H16ClFN2O3. The van der Waals surface area contributed by atoms with E-state index in [1.807, 2.05) is 6.92 Å². The van der Waals surface area contributed by atoms with Gasteiger partial charge in [-0.05, 0) is 12.5 Å². The molecule has 0 aromatic heterocycles. The number of benzene rings is 1. The minimum absolute atomic E-state index is 0.143. The Hall–Kier alpha value is -1.40. The van der Waals surface area contributed by atoms with Crippen molar-refractivity contribution in [1.82, 2.24) is 0 Å². The van der Waals surface area contributed by atoms with Crippen molar-refractivity contribution in [2.45, 2.75) is 19.8 Å². The normalized spacial score (nSPS) is 10.5. The minimum atomic E-state index is -0.823. The summed E-state index contributed by atoms with van der Waals surface area (Å²) < 4.78 is 13.3. The van der Waals surface area contributed by atoms with E-state index in [1.165, 1.54) is 6.07 Å². The van der Waals surface area contributed by atoms with Crippen molar-refractivity contribution in [3.8, 4) is 0 Å². The van der Waals surface area contributed by atoms with Gasteiger partial charge in [0.15, 0.2) is 0 Å². The Morgan fingerprint density at radius 3 is 2.68 bits per heavy atom. The molecule has 0 saturated heterocycles. The third-order valence-corrected chi connectivity index (χ3v) is 3.00. The van der Waals surface area contributed by atoms with E-state index in [0.717, 1.165) is 18.9 Å². The highest BCUT2D eigenvalue weighted by molar-refractivity contribution is 6.31. The summed E-state index contributed by atoms with van der Waals surface area (Å²) in [7, 11) is 0. The predicted molar refractivity (Wildman–Crippen MR) is 72.3 cm³/mol. The molecule has 0 amide bonds. The summed E-state index contributed by atoms with van der Waals surface area (Å²) in [5.74, 6) is -0.823. The summed E-state index contributed by atoms with van der Waals surface area (Å²) in [6, 6.07) is 2.05. The number of unbranched alkanes of at least 4 members (excludes halogenated alkanes) is 1. The van der Waals surface area contributed by atoms with E-state index in [4.69, 9.17) is 16.7 Å². The maximum absolute atomic E-state index is 13.3. The van der Waals surface area contributed by atoms with Crippen LogP contribution in [0.15, 0.2) is 12.1 Å². The summed E-state index contributed by atoms with van der Waals surface area (Å²) >= 11 is 5.68. The number of nitro benzene ring substituents is 1. The quantitative estimate of drug-likeness (QED) is 0.619. The average molecular weight is 291 g/mol. The Labute approximate surface area is 115 Å². The van der Waals surface area contributed by atoms with Crippen molar-refractivity contribution in [3.63, 3.8) is 0 Å². The summed E-state index contributed by atoms with van der Waals surface area (Å²) in [5.41, 5.74) is -0.106. The Morgan fingerprint density at radius 1 is 1.47 bits per heavy atom. The van der Waals surface area contributed by atoms with Crippen LogP contribution in [-0.4, -0.2) is 29.7 Å². The molecule has 19 heavy (non-hydrogen) atoms. The molecule has 0 atom stereocenters. The van der Waals surface area contributed by atoms with Gasteiger partial charge in [-0.2, -0.15) is 0 Å². The first-order valence-electron chi connectivity index (χ1n) is 6.00. The lowest BCUT2D eigenvalue weighted by atomic mass is 10.2. The number of rotatable bonds is 7. The van der Waals surface area contributed by atoms with Gasteiger partial charge < -0.3 is 10.0 Å². The summed E-state index contributed by atoms with van der Waals surface area (Å²) in [6.45, 7) is 2.63. The maximum atomic E-state index is 13.3. The Morgan fingerprint density at radius 2 is 2.16 bits per heavy atom. The lowest BCUT2D eigenvalue weighted by Crippen LogP contribution is -2.28. The van der Waals surface area contributed by atoms with Gasteiger partial charge in [0.1, 0.15) is 11.5 Å². The molecule has 0 aliphatic rings. The average Bonchev–Trinajstić information content (AvgIpc) is 2.37. The van der Waals surface area contributed by atoms with Gasteiger partial charge in [0.05, 0.1) is 22.6 Å². The van der Waals surface area contributed by atoms with Crippen LogP contribution in [0.1, 0.15) is 19.8 Å². The molecule has 0 aliphatic heterocycles. The van der Waals surface area contributed by atoms with Gasteiger partial charge in [0.2, 0.25) is 0 Å². The van der Waals surface area contributed by atoms with Gasteiger partial charge in [-0.1, -0.05) is 24.9 Å². The van der Waals surface area contributed by atoms with Crippen LogP contribution >= 0.6 is 11.6 Å². The van der Waals surface area contributed by atoms with Crippen molar-refractivity contribution >= 4 is 23.0 Å². The molecule has 0 aliphatic carbocycles. The van der Waals surface area contributed by atoms with Crippen molar-refractivity contribution in [3.05, 3.63) is 33.1 Å². The molecule has 0 spiro atoms. The van der Waals surface area contributed by atoms with E-state index < -0.39 is 10.7 Å². The number of nitro groups is 1. The first kappa shape index (κ1) is 15.7. The van der Waals surface area contributed by atoms with Gasteiger partial charge in [-0.3, -0.25) is 10.1 Å². The molecular weight excluding hydrogens is 275 g/mol. The zero-order valence-corrected chi connectivity index (χ0v) is 11.4. The van der Waals surface area contributed by atoms with E-state index in [0.29, 0.717) is 6.54 Å². The summed E-state index contributed by atoms with van der Waals surface area (Å²) in [6.07, 6.45) is 1.72. The van der Waals surface area contributed by atoms with E-state index in [9.17, 15) is 14.5 Å². The van der Waals surface area contributed by atoms with Gasteiger partial charge in [-0.15, -0.1) is 0 Å². The molecule has 0 radical (unpaired) electrons. The zero-order valence-electron chi connectivity index (χ0n) is 10.6. The highest BCUT2D eigenvalue weighted by Crippen LogP contribution is 2.33. The van der Waals surface area contributed by atoms with E-state index >= 15 is 0 Å².